The van der Waals surface area contributed by atoms with Gasteiger partial charge >= 0.3 is 0 Å². The summed E-state index contributed by atoms with van der Waals surface area (Å²) in [5, 5.41) is 2.54. The molecule has 0 aromatic heterocycles. The predicted octanol–water partition coefficient (Wildman–Crippen LogP) is 4.25. The van der Waals surface area contributed by atoms with Gasteiger partial charge in [0.15, 0.2) is 0 Å². The summed E-state index contributed by atoms with van der Waals surface area (Å²) in [6.07, 6.45) is 0. The molecule has 1 aromatic carbocycles. The Morgan fingerprint density at radius 1 is 1.00 bits per heavy atom. The maximum absolute atomic E-state index is 2.31. The summed E-state index contributed by atoms with van der Waals surface area (Å²) in [4.78, 5) is 0. The molecule has 0 spiro atoms. The Morgan fingerprint density at radius 3 is 1.92 bits per heavy atom. The van der Waals surface area contributed by atoms with Crippen molar-refractivity contribution < 1.29 is 0 Å². The normalized spacial score (nSPS) is 27.8. The van der Waals surface area contributed by atoms with Gasteiger partial charge < -0.3 is 0 Å². The number of hydrogen-bond acceptors (Lipinski definition) is 2. The van der Waals surface area contributed by atoms with Crippen LogP contribution >= 0.6 is 23.5 Å². The average Bonchev–Trinajstić information content (AvgIpc) is 2.29. The summed E-state index contributed by atoms with van der Waals surface area (Å²) in [7, 11) is 0. The van der Waals surface area contributed by atoms with E-state index in [0.29, 0.717) is 10.5 Å². The summed E-state index contributed by atoms with van der Waals surface area (Å²) in [5.74, 6) is 0. The highest BCUT2D eigenvalue weighted by Gasteiger charge is 2.19. The van der Waals surface area contributed by atoms with Crippen LogP contribution in [0.4, 0.5) is 0 Å². The largest absolute Gasteiger partial charge is 0.143 e. The van der Waals surface area contributed by atoms with Gasteiger partial charge in [-0.2, -0.15) is 0 Å². The van der Waals surface area contributed by atoms with E-state index in [1.54, 1.807) is 0 Å². The fourth-order valence-corrected chi connectivity index (χ4v) is 4.41. The first-order valence-corrected chi connectivity index (χ1v) is 6.71. The molecule has 2 rings (SSSR count). The minimum Gasteiger partial charge on any atom is -0.143 e. The molecule has 70 valence electrons. The van der Waals surface area contributed by atoms with E-state index in [1.807, 2.05) is 23.5 Å². The molecule has 1 heterocycles. The van der Waals surface area contributed by atoms with Crippen LogP contribution in [-0.2, 0) is 0 Å². The summed E-state index contributed by atoms with van der Waals surface area (Å²) in [6, 6.07) is 8.85. The Hall–Kier alpha value is -0.0800. The van der Waals surface area contributed by atoms with Gasteiger partial charge in [0.25, 0.3) is 0 Å². The molecular weight excluding hydrogens is 196 g/mol. The Kier molecular flexibility index (Phi) is 2.89. The molecule has 0 bridgehead atoms. The Bertz CT molecular complexity index is 267. The van der Waals surface area contributed by atoms with Crippen LogP contribution in [0.15, 0.2) is 24.3 Å². The van der Waals surface area contributed by atoms with Gasteiger partial charge in [-0.15, -0.1) is 23.5 Å². The van der Waals surface area contributed by atoms with Crippen molar-refractivity contribution in [2.75, 3.05) is 5.08 Å². The summed E-state index contributed by atoms with van der Waals surface area (Å²) < 4.78 is 0. The zero-order chi connectivity index (χ0) is 9.26. The molecule has 1 aromatic rings. The van der Waals surface area contributed by atoms with Gasteiger partial charge in [0, 0.05) is 15.6 Å². The third kappa shape index (κ3) is 1.89. The zero-order valence-electron chi connectivity index (χ0n) is 7.99. The SMILES string of the molecule is C[C@@H]1SCS[C@H](C)c2ccccc21. The Morgan fingerprint density at radius 2 is 1.46 bits per heavy atom. The summed E-state index contributed by atoms with van der Waals surface area (Å²) in [5.41, 5.74) is 3.06. The lowest BCUT2D eigenvalue weighted by Gasteiger charge is -2.13. The topological polar surface area (TPSA) is 0 Å². The second-order valence-electron chi connectivity index (χ2n) is 3.36. The fourth-order valence-electron chi connectivity index (χ4n) is 1.67. The first-order valence-electron chi connectivity index (χ1n) is 4.61. The second-order valence-corrected chi connectivity index (χ2v) is 6.39. The number of thioether (sulfide) groups is 2. The van der Waals surface area contributed by atoms with Gasteiger partial charge in [-0.1, -0.05) is 24.3 Å². The van der Waals surface area contributed by atoms with Crippen molar-refractivity contribution in [3.8, 4) is 0 Å². The van der Waals surface area contributed by atoms with Crippen LogP contribution in [0.25, 0.3) is 0 Å². The average molecular weight is 210 g/mol. The van der Waals surface area contributed by atoms with E-state index in [-0.39, 0.29) is 0 Å². The lowest BCUT2D eigenvalue weighted by atomic mass is 10.0. The molecule has 0 unspecified atom stereocenters. The van der Waals surface area contributed by atoms with Gasteiger partial charge in [0.2, 0.25) is 0 Å². The zero-order valence-corrected chi connectivity index (χ0v) is 9.62. The van der Waals surface area contributed by atoms with Crippen LogP contribution < -0.4 is 0 Å². The molecule has 13 heavy (non-hydrogen) atoms. The first kappa shape index (κ1) is 9.47. The molecule has 0 saturated heterocycles. The molecule has 0 radical (unpaired) electrons. The smallest absolute Gasteiger partial charge is 0.0404 e. The van der Waals surface area contributed by atoms with Crippen LogP contribution in [0, 0.1) is 0 Å². The lowest BCUT2D eigenvalue weighted by Crippen LogP contribution is -1.94. The van der Waals surface area contributed by atoms with Crippen LogP contribution in [0.1, 0.15) is 35.5 Å². The molecular formula is C11H14S2. The predicted molar refractivity (Wildman–Crippen MR) is 63.3 cm³/mol. The maximum Gasteiger partial charge on any atom is 0.0404 e. The van der Waals surface area contributed by atoms with Crippen molar-refractivity contribution in [3.63, 3.8) is 0 Å². The van der Waals surface area contributed by atoms with Crippen molar-refractivity contribution in [2.45, 2.75) is 24.3 Å². The van der Waals surface area contributed by atoms with Gasteiger partial charge in [0.1, 0.15) is 0 Å². The Labute approximate surface area is 88.5 Å². The molecule has 0 amide bonds. The van der Waals surface area contributed by atoms with Crippen molar-refractivity contribution in [2.24, 2.45) is 0 Å². The second kappa shape index (κ2) is 3.97. The quantitative estimate of drug-likeness (QED) is 0.628. The highest BCUT2D eigenvalue weighted by molar-refractivity contribution is 8.16. The highest BCUT2D eigenvalue weighted by Crippen LogP contribution is 2.44. The Balaban J connectivity index is 2.45. The van der Waals surface area contributed by atoms with E-state index in [0.717, 1.165) is 0 Å². The van der Waals surface area contributed by atoms with E-state index < -0.39 is 0 Å². The number of rotatable bonds is 0. The lowest BCUT2D eigenvalue weighted by molar-refractivity contribution is 1.01. The van der Waals surface area contributed by atoms with Crippen molar-refractivity contribution >= 4 is 23.5 Å². The molecule has 2 atom stereocenters. The molecule has 0 nitrogen and oxygen atoms in total. The van der Waals surface area contributed by atoms with Crippen LogP contribution in [0.5, 0.6) is 0 Å². The highest BCUT2D eigenvalue weighted by atomic mass is 32.2. The number of hydrogen-bond donors (Lipinski definition) is 0. The van der Waals surface area contributed by atoms with Crippen LogP contribution in [0.3, 0.4) is 0 Å². The minimum absolute atomic E-state index is 0.661. The van der Waals surface area contributed by atoms with E-state index in [4.69, 9.17) is 0 Å². The minimum atomic E-state index is 0.661. The summed E-state index contributed by atoms with van der Waals surface area (Å²) in [6.45, 7) is 4.62. The van der Waals surface area contributed by atoms with E-state index in [1.165, 1.54) is 16.2 Å². The van der Waals surface area contributed by atoms with Crippen LogP contribution in [-0.4, -0.2) is 5.08 Å². The molecule has 1 aliphatic heterocycles. The summed E-state index contributed by atoms with van der Waals surface area (Å²) >= 11 is 4.10. The maximum atomic E-state index is 2.31. The third-order valence-corrected chi connectivity index (χ3v) is 5.10. The molecule has 2 heteroatoms. The van der Waals surface area contributed by atoms with Gasteiger partial charge in [-0.25, -0.2) is 0 Å². The molecule has 0 saturated carbocycles. The van der Waals surface area contributed by atoms with Crippen molar-refractivity contribution in [1.29, 1.82) is 0 Å². The molecule has 0 aliphatic carbocycles. The van der Waals surface area contributed by atoms with E-state index >= 15 is 0 Å². The van der Waals surface area contributed by atoms with Crippen LogP contribution in [0.2, 0.25) is 0 Å². The van der Waals surface area contributed by atoms with E-state index in [9.17, 15) is 0 Å². The fraction of sp³-hybridized carbons (Fsp3) is 0.455. The number of benzene rings is 1. The molecule has 0 N–H and O–H groups in total. The monoisotopic (exact) mass is 210 g/mol. The molecule has 1 aliphatic rings. The van der Waals surface area contributed by atoms with Crippen molar-refractivity contribution in [1.82, 2.24) is 0 Å². The first-order chi connectivity index (χ1) is 6.29. The number of fused-ring (bicyclic) bond motifs is 1. The standard InChI is InChI=1S/C11H14S2/c1-8-10-5-3-4-6-11(10)9(2)13-7-12-8/h3-6,8-9H,7H2,1-2H3/t8-,9+. The van der Waals surface area contributed by atoms with Gasteiger partial charge in [-0.05, 0) is 25.0 Å². The van der Waals surface area contributed by atoms with E-state index in [2.05, 4.69) is 38.1 Å². The van der Waals surface area contributed by atoms with Gasteiger partial charge in [-0.3, -0.25) is 0 Å². The van der Waals surface area contributed by atoms with Gasteiger partial charge in [0.05, 0.1) is 0 Å². The van der Waals surface area contributed by atoms with Crippen molar-refractivity contribution in [3.05, 3.63) is 35.4 Å². The third-order valence-electron chi connectivity index (χ3n) is 2.51. The molecule has 0 fully saturated rings.